The van der Waals surface area contributed by atoms with Crippen LogP contribution >= 0.6 is 0 Å². The molecule has 0 spiro atoms. The fraction of sp³-hybridized carbons (Fsp3) is 0.733. The Hall–Kier alpha value is -1.05. The Kier molecular flexibility index (Phi) is 5.64. The van der Waals surface area contributed by atoms with E-state index in [-0.39, 0.29) is 5.41 Å². The second kappa shape index (κ2) is 6.77. The molecular formula is C15H26N2O. The van der Waals surface area contributed by atoms with E-state index in [0.717, 1.165) is 13.2 Å². The van der Waals surface area contributed by atoms with E-state index in [4.69, 9.17) is 4.74 Å². The third kappa shape index (κ3) is 5.07. The zero-order valence-corrected chi connectivity index (χ0v) is 12.4. The molecule has 18 heavy (non-hydrogen) atoms. The van der Waals surface area contributed by atoms with Gasteiger partial charge < -0.3 is 4.74 Å². The van der Waals surface area contributed by atoms with Gasteiger partial charge in [0.05, 0.1) is 12.6 Å². The molecule has 1 heterocycles. The van der Waals surface area contributed by atoms with Crippen LogP contribution in [0.1, 0.15) is 40.5 Å². The molecule has 1 fully saturated rings. The van der Waals surface area contributed by atoms with Crippen molar-refractivity contribution in [2.45, 2.75) is 46.6 Å². The molecule has 3 heteroatoms. The van der Waals surface area contributed by atoms with E-state index in [2.05, 4.69) is 49.6 Å². The van der Waals surface area contributed by atoms with Gasteiger partial charge in [0.1, 0.15) is 0 Å². The third-order valence-corrected chi connectivity index (χ3v) is 2.98. The molecule has 102 valence electrons. The number of hydrogen-bond donors (Lipinski definition) is 0. The number of hydrazone groups is 1. The van der Waals surface area contributed by atoms with Gasteiger partial charge in [0, 0.05) is 25.3 Å². The summed E-state index contributed by atoms with van der Waals surface area (Å²) in [4.78, 5) is 0. The van der Waals surface area contributed by atoms with Gasteiger partial charge in [0.2, 0.25) is 0 Å². The molecule has 1 atom stereocenters. The predicted molar refractivity (Wildman–Crippen MR) is 76.8 cm³/mol. The van der Waals surface area contributed by atoms with Crippen LogP contribution in [0.15, 0.2) is 22.5 Å². The third-order valence-electron chi connectivity index (χ3n) is 2.98. The van der Waals surface area contributed by atoms with E-state index < -0.39 is 0 Å². The smallest absolute Gasteiger partial charge is 0.0704 e. The van der Waals surface area contributed by atoms with Gasteiger partial charge in [0.25, 0.3) is 0 Å². The molecule has 3 nitrogen and oxygen atoms in total. The van der Waals surface area contributed by atoms with Crippen LogP contribution in [0.2, 0.25) is 0 Å². The largest absolute Gasteiger partial charge is 0.382 e. The zero-order valence-electron chi connectivity index (χ0n) is 12.4. The first-order valence-electron chi connectivity index (χ1n) is 6.66. The summed E-state index contributed by atoms with van der Waals surface area (Å²) >= 11 is 0. The van der Waals surface area contributed by atoms with Gasteiger partial charge in [-0.2, -0.15) is 5.10 Å². The maximum atomic E-state index is 5.23. The lowest BCUT2D eigenvalue weighted by atomic mass is 9.95. The quantitative estimate of drug-likeness (QED) is 0.553. The number of nitrogens with zero attached hydrogens (tertiary/aromatic N) is 2. The molecule has 1 aliphatic rings. The minimum atomic E-state index is -0.0581. The maximum absolute atomic E-state index is 5.23. The van der Waals surface area contributed by atoms with Crippen LogP contribution in [-0.2, 0) is 4.74 Å². The van der Waals surface area contributed by atoms with Crippen molar-refractivity contribution in [2.24, 2.45) is 10.5 Å². The van der Waals surface area contributed by atoms with E-state index in [9.17, 15) is 0 Å². The minimum Gasteiger partial charge on any atom is -0.382 e. The molecule has 0 aromatic heterocycles. The van der Waals surface area contributed by atoms with Crippen LogP contribution < -0.4 is 0 Å². The molecule has 0 saturated carbocycles. The Balaban J connectivity index is 2.65. The topological polar surface area (TPSA) is 24.8 Å². The van der Waals surface area contributed by atoms with Crippen molar-refractivity contribution in [3.8, 4) is 0 Å². The van der Waals surface area contributed by atoms with Gasteiger partial charge in [-0.25, -0.2) is 0 Å². The number of ether oxygens (including phenoxy) is 1. The van der Waals surface area contributed by atoms with Gasteiger partial charge in [0.15, 0.2) is 0 Å². The monoisotopic (exact) mass is 250 g/mol. The lowest BCUT2D eigenvalue weighted by Gasteiger charge is -2.22. The van der Waals surface area contributed by atoms with Crippen LogP contribution in [0.3, 0.4) is 0 Å². The molecule has 0 aromatic rings. The molecule has 0 unspecified atom stereocenters. The average Bonchev–Trinajstić information content (AvgIpc) is 2.72. The van der Waals surface area contributed by atoms with Crippen molar-refractivity contribution in [3.05, 3.63) is 17.4 Å². The number of rotatable bonds is 5. The van der Waals surface area contributed by atoms with Crippen LogP contribution in [-0.4, -0.2) is 37.5 Å². The molecule has 0 N–H and O–H groups in total. The van der Waals surface area contributed by atoms with Gasteiger partial charge in [-0.05, 0) is 38.3 Å². The normalized spacial score (nSPS) is 20.3. The van der Waals surface area contributed by atoms with Crippen molar-refractivity contribution in [1.82, 2.24) is 5.01 Å². The molecule has 1 saturated heterocycles. The fourth-order valence-corrected chi connectivity index (χ4v) is 1.92. The summed E-state index contributed by atoms with van der Waals surface area (Å²) in [6.07, 6.45) is 6.47. The Bertz CT molecular complexity index is 348. The SMILES string of the molecule is COC[C@@H]1CCCN1/N=C\C(C)(C)C=C=C(C)C. The first-order chi connectivity index (χ1) is 8.44. The summed E-state index contributed by atoms with van der Waals surface area (Å²) in [5.41, 5.74) is 4.39. The Morgan fingerprint density at radius 1 is 1.50 bits per heavy atom. The predicted octanol–water partition coefficient (Wildman–Crippen LogP) is 3.23. The lowest BCUT2D eigenvalue weighted by molar-refractivity contribution is 0.118. The molecule has 0 aromatic carbocycles. The van der Waals surface area contributed by atoms with Crippen molar-refractivity contribution in [2.75, 3.05) is 20.3 Å². The molecule has 0 aliphatic carbocycles. The standard InChI is InChI=1S/C15H26N2O/c1-13(2)8-9-15(3,4)12-16-17-10-6-7-14(17)11-18-5/h9,12,14H,6-7,10-11H2,1-5H3/b16-12-/t14-/m0/s1. The highest BCUT2D eigenvalue weighted by atomic mass is 16.5. The summed E-state index contributed by atoms with van der Waals surface area (Å²) < 4.78 is 5.23. The Labute approximate surface area is 111 Å². The first-order valence-corrected chi connectivity index (χ1v) is 6.66. The van der Waals surface area contributed by atoms with Crippen molar-refractivity contribution < 1.29 is 4.74 Å². The van der Waals surface area contributed by atoms with E-state index in [0.29, 0.717) is 6.04 Å². The molecule has 0 bridgehead atoms. The van der Waals surface area contributed by atoms with Crippen molar-refractivity contribution >= 4 is 6.21 Å². The highest BCUT2D eigenvalue weighted by Crippen LogP contribution is 2.19. The highest BCUT2D eigenvalue weighted by Gasteiger charge is 2.23. The van der Waals surface area contributed by atoms with E-state index >= 15 is 0 Å². The van der Waals surface area contributed by atoms with E-state index in [1.165, 1.54) is 18.4 Å². The summed E-state index contributed by atoms with van der Waals surface area (Å²) in [6.45, 7) is 10.2. The van der Waals surface area contributed by atoms with Gasteiger partial charge >= 0.3 is 0 Å². The van der Waals surface area contributed by atoms with Crippen LogP contribution in [0, 0.1) is 5.41 Å². The van der Waals surface area contributed by atoms with Crippen molar-refractivity contribution in [1.29, 1.82) is 0 Å². The van der Waals surface area contributed by atoms with Crippen molar-refractivity contribution in [3.63, 3.8) is 0 Å². The summed E-state index contributed by atoms with van der Waals surface area (Å²) in [5.74, 6) is 0. The van der Waals surface area contributed by atoms with Crippen LogP contribution in [0.4, 0.5) is 0 Å². The van der Waals surface area contributed by atoms with E-state index in [1.54, 1.807) is 7.11 Å². The Morgan fingerprint density at radius 2 is 2.22 bits per heavy atom. The van der Waals surface area contributed by atoms with Gasteiger partial charge in [-0.3, -0.25) is 5.01 Å². The molecule has 0 amide bonds. The average molecular weight is 250 g/mol. The maximum Gasteiger partial charge on any atom is 0.0704 e. The lowest BCUT2D eigenvalue weighted by Crippen LogP contribution is -2.29. The van der Waals surface area contributed by atoms with Gasteiger partial charge in [-0.15, -0.1) is 5.73 Å². The summed E-state index contributed by atoms with van der Waals surface area (Å²) in [5, 5.41) is 6.78. The zero-order chi connectivity index (χ0) is 13.6. The Morgan fingerprint density at radius 3 is 2.83 bits per heavy atom. The number of methoxy groups -OCH3 is 1. The first kappa shape index (κ1) is 15.0. The second-order valence-electron chi connectivity index (χ2n) is 5.77. The summed E-state index contributed by atoms with van der Waals surface area (Å²) in [6, 6.07) is 0.439. The molecular weight excluding hydrogens is 224 g/mol. The highest BCUT2D eigenvalue weighted by molar-refractivity contribution is 5.67. The van der Waals surface area contributed by atoms with Gasteiger partial charge in [-0.1, -0.05) is 13.8 Å². The second-order valence-corrected chi connectivity index (χ2v) is 5.77. The summed E-state index contributed by atoms with van der Waals surface area (Å²) in [7, 11) is 1.75. The number of hydrogen-bond acceptors (Lipinski definition) is 3. The van der Waals surface area contributed by atoms with E-state index in [1.807, 2.05) is 6.21 Å². The molecule has 0 radical (unpaired) electrons. The molecule has 1 aliphatic heterocycles. The van der Waals surface area contributed by atoms with Crippen LogP contribution in [0.5, 0.6) is 0 Å². The fourth-order valence-electron chi connectivity index (χ4n) is 1.92. The minimum absolute atomic E-state index is 0.0581. The molecule has 1 rings (SSSR count). The number of allylic oxidation sites excluding steroid dienone is 1. The van der Waals surface area contributed by atoms with Crippen LogP contribution in [0.25, 0.3) is 0 Å².